The Bertz CT molecular complexity index is 391. The van der Waals surface area contributed by atoms with Crippen LogP contribution in [0.15, 0.2) is 18.2 Å². The summed E-state index contributed by atoms with van der Waals surface area (Å²) in [5, 5.41) is 2.87. The predicted octanol–water partition coefficient (Wildman–Crippen LogP) is 2.72. The van der Waals surface area contributed by atoms with Gasteiger partial charge in [0, 0.05) is 31.0 Å². The van der Waals surface area contributed by atoms with E-state index in [2.05, 4.69) is 12.2 Å². The summed E-state index contributed by atoms with van der Waals surface area (Å²) >= 11 is 0. The summed E-state index contributed by atoms with van der Waals surface area (Å²) in [4.78, 5) is 11.7. The molecule has 4 nitrogen and oxygen atoms in total. The van der Waals surface area contributed by atoms with Crippen molar-refractivity contribution in [2.75, 3.05) is 24.3 Å². The number of carbonyl (C=O) groups excluding carboxylic acids is 1. The molecule has 0 saturated carbocycles. The third-order valence-electron chi connectivity index (χ3n) is 2.69. The molecule has 0 atom stereocenters. The minimum atomic E-state index is 0.00352. The highest BCUT2D eigenvalue weighted by Gasteiger charge is 2.05. The van der Waals surface area contributed by atoms with Crippen LogP contribution in [0, 0.1) is 6.92 Å². The number of hydrogen-bond acceptors (Lipinski definition) is 3. The lowest BCUT2D eigenvalue weighted by molar-refractivity contribution is -0.116. The fourth-order valence-electron chi connectivity index (χ4n) is 1.58. The second-order valence-electron chi connectivity index (χ2n) is 4.28. The van der Waals surface area contributed by atoms with Crippen molar-refractivity contribution >= 4 is 17.3 Å². The summed E-state index contributed by atoms with van der Waals surface area (Å²) in [6, 6.07) is 5.52. The van der Waals surface area contributed by atoms with Gasteiger partial charge in [-0.2, -0.15) is 0 Å². The number of nitrogen functional groups attached to an aromatic ring is 1. The highest BCUT2D eigenvalue weighted by molar-refractivity contribution is 5.92. The first-order valence-electron chi connectivity index (χ1n) is 6.37. The molecular formula is C14H22N2O2. The van der Waals surface area contributed by atoms with Gasteiger partial charge in [0.25, 0.3) is 0 Å². The number of benzene rings is 1. The van der Waals surface area contributed by atoms with Crippen molar-refractivity contribution in [3.8, 4) is 0 Å². The van der Waals surface area contributed by atoms with Crippen LogP contribution in [-0.4, -0.2) is 19.1 Å². The Morgan fingerprint density at radius 3 is 2.89 bits per heavy atom. The number of hydrogen-bond donors (Lipinski definition) is 2. The lowest BCUT2D eigenvalue weighted by atomic mass is 10.1. The molecule has 0 aromatic heterocycles. The SMILES string of the molecule is CCCOCCCC(=O)Nc1cccc(N)c1C. The molecule has 1 amide bonds. The van der Waals surface area contributed by atoms with Crippen LogP contribution in [0.5, 0.6) is 0 Å². The number of nitrogens with one attached hydrogen (secondary N) is 1. The number of carbonyl (C=O) groups is 1. The molecule has 0 aliphatic heterocycles. The molecule has 100 valence electrons. The molecule has 1 aromatic carbocycles. The summed E-state index contributed by atoms with van der Waals surface area (Å²) < 4.78 is 5.33. The van der Waals surface area contributed by atoms with Crippen LogP contribution in [-0.2, 0) is 9.53 Å². The highest BCUT2D eigenvalue weighted by Crippen LogP contribution is 2.20. The molecule has 1 aromatic rings. The molecule has 0 aliphatic rings. The minimum absolute atomic E-state index is 0.00352. The molecule has 0 fully saturated rings. The van der Waals surface area contributed by atoms with Crippen molar-refractivity contribution in [2.45, 2.75) is 33.1 Å². The maximum atomic E-state index is 11.7. The summed E-state index contributed by atoms with van der Waals surface area (Å²) in [6.45, 7) is 5.36. The fraction of sp³-hybridized carbons (Fsp3) is 0.500. The monoisotopic (exact) mass is 250 g/mol. The van der Waals surface area contributed by atoms with Crippen LogP contribution < -0.4 is 11.1 Å². The maximum Gasteiger partial charge on any atom is 0.224 e. The van der Waals surface area contributed by atoms with Gasteiger partial charge < -0.3 is 15.8 Å². The van der Waals surface area contributed by atoms with Gasteiger partial charge in [-0.25, -0.2) is 0 Å². The fourth-order valence-corrected chi connectivity index (χ4v) is 1.58. The molecule has 0 radical (unpaired) electrons. The number of nitrogens with two attached hydrogens (primary N) is 1. The van der Waals surface area contributed by atoms with Crippen molar-refractivity contribution < 1.29 is 9.53 Å². The average molecular weight is 250 g/mol. The van der Waals surface area contributed by atoms with E-state index < -0.39 is 0 Å². The topological polar surface area (TPSA) is 64.3 Å². The van der Waals surface area contributed by atoms with Crippen LogP contribution in [0.25, 0.3) is 0 Å². The van der Waals surface area contributed by atoms with Gasteiger partial charge in [0.2, 0.25) is 5.91 Å². The average Bonchev–Trinajstić information content (AvgIpc) is 2.35. The summed E-state index contributed by atoms with van der Waals surface area (Å²) in [6.07, 6.45) is 2.22. The van der Waals surface area contributed by atoms with E-state index in [1.807, 2.05) is 25.1 Å². The van der Waals surface area contributed by atoms with Gasteiger partial charge in [0.1, 0.15) is 0 Å². The van der Waals surface area contributed by atoms with Crippen LogP contribution in [0.1, 0.15) is 31.7 Å². The Balaban J connectivity index is 2.34. The molecule has 1 rings (SSSR count). The molecule has 3 N–H and O–H groups in total. The molecular weight excluding hydrogens is 228 g/mol. The number of rotatable bonds is 7. The second-order valence-corrected chi connectivity index (χ2v) is 4.28. The molecule has 0 spiro atoms. The second kappa shape index (κ2) is 7.71. The van der Waals surface area contributed by atoms with E-state index in [-0.39, 0.29) is 5.91 Å². The number of anilines is 2. The van der Waals surface area contributed by atoms with Crippen molar-refractivity contribution in [3.05, 3.63) is 23.8 Å². The van der Waals surface area contributed by atoms with E-state index in [1.54, 1.807) is 0 Å². The van der Waals surface area contributed by atoms with E-state index in [0.29, 0.717) is 18.7 Å². The van der Waals surface area contributed by atoms with Gasteiger partial charge in [0.05, 0.1) is 0 Å². The molecule has 0 aliphatic carbocycles. The van der Waals surface area contributed by atoms with Crippen LogP contribution in [0.3, 0.4) is 0 Å². The third kappa shape index (κ3) is 4.75. The van der Waals surface area contributed by atoms with Gasteiger partial charge in [-0.05, 0) is 37.5 Å². The van der Waals surface area contributed by atoms with E-state index in [4.69, 9.17) is 10.5 Å². The van der Waals surface area contributed by atoms with Crippen molar-refractivity contribution in [1.82, 2.24) is 0 Å². The zero-order valence-electron chi connectivity index (χ0n) is 11.2. The zero-order valence-corrected chi connectivity index (χ0v) is 11.2. The van der Waals surface area contributed by atoms with Gasteiger partial charge in [-0.1, -0.05) is 13.0 Å². The van der Waals surface area contributed by atoms with E-state index >= 15 is 0 Å². The number of amides is 1. The van der Waals surface area contributed by atoms with E-state index in [1.165, 1.54) is 0 Å². The number of ether oxygens (including phenoxy) is 1. The summed E-state index contributed by atoms with van der Waals surface area (Å²) in [5.41, 5.74) is 8.17. The smallest absolute Gasteiger partial charge is 0.224 e. The Labute approximate surface area is 109 Å². The van der Waals surface area contributed by atoms with Gasteiger partial charge >= 0.3 is 0 Å². The molecule has 0 saturated heterocycles. The molecule has 18 heavy (non-hydrogen) atoms. The zero-order chi connectivity index (χ0) is 13.4. The Morgan fingerprint density at radius 1 is 1.39 bits per heavy atom. The van der Waals surface area contributed by atoms with Crippen LogP contribution >= 0.6 is 0 Å². The van der Waals surface area contributed by atoms with Gasteiger partial charge in [-0.15, -0.1) is 0 Å². The van der Waals surface area contributed by atoms with E-state index in [9.17, 15) is 4.79 Å². The molecule has 0 unspecified atom stereocenters. The Kier molecular flexibility index (Phi) is 6.22. The van der Waals surface area contributed by atoms with Crippen molar-refractivity contribution in [3.63, 3.8) is 0 Å². The molecule has 4 heteroatoms. The molecule has 0 heterocycles. The van der Waals surface area contributed by atoms with Crippen molar-refractivity contribution in [2.24, 2.45) is 0 Å². The molecule has 0 bridgehead atoms. The summed E-state index contributed by atoms with van der Waals surface area (Å²) in [7, 11) is 0. The van der Waals surface area contributed by atoms with Gasteiger partial charge in [0.15, 0.2) is 0 Å². The van der Waals surface area contributed by atoms with Gasteiger partial charge in [-0.3, -0.25) is 4.79 Å². The third-order valence-corrected chi connectivity index (χ3v) is 2.69. The Morgan fingerprint density at radius 2 is 2.17 bits per heavy atom. The minimum Gasteiger partial charge on any atom is -0.398 e. The van der Waals surface area contributed by atoms with Crippen molar-refractivity contribution in [1.29, 1.82) is 0 Å². The highest BCUT2D eigenvalue weighted by atomic mass is 16.5. The standard InChI is InChI=1S/C14H22N2O2/c1-3-9-18-10-5-8-14(17)16-13-7-4-6-12(15)11(13)2/h4,6-7H,3,5,8-10,15H2,1-2H3,(H,16,17). The quantitative estimate of drug-likeness (QED) is 0.577. The largest absolute Gasteiger partial charge is 0.398 e. The first-order valence-corrected chi connectivity index (χ1v) is 6.37. The maximum absolute atomic E-state index is 11.7. The summed E-state index contributed by atoms with van der Waals surface area (Å²) in [5.74, 6) is 0.00352. The van der Waals surface area contributed by atoms with Crippen LogP contribution in [0.4, 0.5) is 11.4 Å². The lowest BCUT2D eigenvalue weighted by Gasteiger charge is -2.10. The normalized spacial score (nSPS) is 10.3. The lowest BCUT2D eigenvalue weighted by Crippen LogP contribution is -2.13. The predicted molar refractivity (Wildman–Crippen MR) is 74.6 cm³/mol. The first kappa shape index (κ1) is 14.5. The first-order chi connectivity index (χ1) is 8.65. The van der Waals surface area contributed by atoms with Crippen LogP contribution in [0.2, 0.25) is 0 Å². The van der Waals surface area contributed by atoms with E-state index in [0.717, 1.165) is 30.7 Å². The Hall–Kier alpha value is -1.55.